The summed E-state index contributed by atoms with van der Waals surface area (Å²) in [7, 11) is 0. The van der Waals surface area contributed by atoms with Gasteiger partial charge in [-0.3, -0.25) is 4.79 Å². The molecule has 0 aliphatic carbocycles. The van der Waals surface area contributed by atoms with E-state index < -0.39 is 0 Å². The van der Waals surface area contributed by atoms with Crippen molar-refractivity contribution in [3.63, 3.8) is 0 Å². The van der Waals surface area contributed by atoms with E-state index in [-0.39, 0.29) is 0 Å². The molecule has 3 nitrogen and oxygen atoms in total. The smallest absolute Gasteiger partial charge is 0.140 e. The summed E-state index contributed by atoms with van der Waals surface area (Å²) in [5, 5.41) is 0. The van der Waals surface area contributed by atoms with E-state index in [9.17, 15) is 4.79 Å². The van der Waals surface area contributed by atoms with E-state index in [4.69, 9.17) is 0 Å². The van der Waals surface area contributed by atoms with Gasteiger partial charge < -0.3 is 4.57 Å². The maximum atomic E-state index is 11.3. The molecule has 0 saturated heterocycles. The van der Waals surface area contributed by atoms with Crippen molar-refractivity contribution in [2.24, 2.45) is 0 Å². The van der Waals surface area contributed by atoms with Crippen LogP contribution >= 0.6 is 0 Å². The van der Waals surface area contributed by atoms with Gasteiger partial charge in [0.2, 0.25) is 0 Å². The fourth-order valence-corrected chi connectivity index (χ4v) is 2.15. The van der Waals surface area contributed by atoms with Crippen LogP contribution in [0.5, 0.6) is 0 Å². The van der Waals surface area contributed by atoms with Crippen molar-refractivity contribution in [1.82, 2.24) is 9.55 Å². The maximum Gasteiger partial charge on any atom is 0.140 e. The first-order chi connectivity index (χ1) is 7.84. The molecule has 0 atom stereocenters. The minimum absolute atomic E-state index is 0.312. The summed E-state index contributed by atoms with van der Waals surface area (Å²) in [5.74, 6) is 1.29. The molecule has 3 rings (SSSR count). The summed E-state index contributed by atoms with van der Waals surface area (Å²) >= 11 is 0. The second-order valence-electron chi connectivity index (χ2n) is 4.06. The van der Waals surface area contributed by atoms with Gasteiger partial charge >= 0.3 is 0 Å². The molecular weight excluding hydrogens is 200 g/mol. The van der Waals surface area contributed by atoms with Crippen molar-refractivity contribution in [3.8, 4) is 11.4 Å². The molecule has 0 unspecified atom stereocenters. The number of Topliss-reactive ketones (excluding diaryl/α,β-unsaturated/α-hetero) is 1. The highest BCUT2D eigenvalue weighted by atomic mass is 16.1. The molecule has 0 saturated carbocycles. The van der Waals surface area contributed by atoms with Crippen LogP contribution in [0.1, 0.15) is 12.1 Å². The van der Waals surface area contributed by atoms with Gasteiger partial charge in [0.1, 0.15) is 11.6 Å². The number of ketones is 1. The molecule has 3 heteroatoms. The third-order valence-corrected chi connectivity index (χ3v) is 2.96. The number of nitrogens with zero attached hydrogens (tertiary/aromatic N) is 2. The average Bonchev–Trinajstić information content (AvgIpc) is 2.73. The minimum atomic E-state index is 0.312. The number of hydrogen-bond acceptors (Lipinski definition) is 2. The number of benzene rings is 1. The molecule has 0 amide bonds. The van der Waals surface area contributed by atoms with Crippen LogP contribution in [0.3, 0.4) is 0 Å². The minimum Gasteiger partial charge on any atom is -0.327 e. The number of aromatic nitrogens is 2. The molecular formula is C13H12N2O. The highest BCUT2D eigenvalue weighted by Gasteiger charge is 2.19. The SMILES string of the molecule is O=C1CCn2c(cnc2-c2ccccc2)C1. The van der Waals surface area contributed by atoms with Crippen molar-refractivity contribution < 1.29 is 4.79 Å². The maximum absolute atomic E-state index is 11.3. The number of rotatable bonds is 1. The van der Waals surface area contributed by atoms with Crippen molar-refractivity contribution in [2.45, 2.75) is 19.4 Å². The summed E-state index contributed by atoms with van der Waals surface area (Å²) in [6.07, 6.45) is 2.97. The normalized spacial score (nSPS) is 14.9. The lowest BCUT2D eigenvalue weighted by molar-refractivity contribution is -0.119. The number of fused-ring (bicyclic) bond motifs is 1. The zero-order valence-corrected chi connectivity index (χ0v) is 8.89. The summed E-state index contributed by atoms with van der Waals surface area (Å²) in [6, 6.07) is 10.1. The van der Waals surface area contributed by atoms with E-state index in [2.05, 4.69) is 9.55 Å². The molecule has 1 aliphatic heterocycles. The van der Waals surface area contributed by atoms with Gasteiger partial charge in [0.15, 0.2) is 0 Å². The first-order valence-corrected chi connectivity index (χ1v) is 5.46. The molecule has 2 aromatic rings. The molecule has 0 bridgehead atoms. The Morgan fingerprint density at radius 2 is 2.00 bits per heavy atom. The molecule has 1 aromatic heterocycles. The highest BCUT2D eigenvalue weighted by molar-refractivity contribution is 5.81. The molecule has 0 radical (unpaired) electrons. The predicted octanol–water partition coefficient (Wildman–Crippen LogP) is 2.07. The molecule has 1 aliphatic rings. The Morgan fingerprint density at radius 1 is 1.19 bits per heavy atom. The van der Waals surface area contributed by atoms with Crippen molar-refractivity contribution in [3.05, 3.63) is 42.2 Å². The number of hydrogen-bond donors (Lipinski definition) is 0. The van der Waals surface area contributed by atoms with Gasteiger partial charge in [-0.2, -0.15) is 0 Å². The average molecular weight is 212 g/mol. The molecule has 16 heavy (non-hydrogen) atoms. The Hall–Kier alpha value is -1.90. The van der Waals surface area contributed by atoms with E-state index in [1.165, 1.54) is 0 Å². The lowest BCUT2D eigenvalue weighted by Gasteiger charge is -2.15. The first kappa shape index (κ1) is 9.33. The molecule has 80 valence electrons. The van der Waals surface area contributed by atoms with Gasteiger partial charge in [-0.15, -0.1) is 0 Å². The summed E-state index contributed by atoms with van der Waals surface area (Å²) in [4.78, 5) is 15.7. The van der Waals surface area contributed by atoms with Gasteiger partial charge in [0.05, 0.1) is 0 Å². The summed E-state index contributed by atoms with van der Waals surface area (Å²) < 4.78 is 2.15. The molecule has 2 heterocycles. The molecule has 0 spiro atoms. The largest absolute Gasteiger partial charge is 0.327 e. The lowest BCUT2D eigenvalue weighted by Crippen LogP contribution is -2.18. The third kappa shape index (κ3) is 1.45. The zero-order chi connectivity index (χ0) is 11.0. The van der Waals surface area contributed by atoms with E-state index in [0.29, 0.717) is 18.6 Å². The van der Waals surface area contributed by atoms with Crippen LogP contribution in [0.15, 0.2) is 36.5 Å². The third-order valence-electron chi connectivity index (χ3n) is 2.96. The monoisotopic (exact) mass is 212 g/mol. The van der Waals surface area contributed by atoms with Gasteiger partial charge in [-0.25, -0.2) is 4.98 Å². The first-order valence-electron chi connectivity index (χ1n) is 5.46. The molecule has 0 N–H and O–H groups in total. The van der Waals surface area contributed by atoms with Gasteiger partial charge in [0.25, 0.3) is 0 Å². The molecule has 1 aromatic carbocycles. The van der Waals surface area contributed by atoms with Crippen molar-refractivity contribution >= 4 is 5.78 Å². The van der Waals surface area contributed by atoms with Gasteiger partial charge in [-0.05, 0) is 0 Å². The zero-order valence-electron chi connectivity index (χ0n) is 8.89. The van der Waals surface area contributed by atoms with Gasteiger partial charge in [-0.1, -0.05) is 30.3 Å². The van der Waals surface area contributed by atoms with E-state index >= 15 is 0 Å². The lowest BCUT2D eigenvalue weighted by atomic mass is 10.1. The Balaban J connectivity index is 2.08. The van der Waals surface area contributed by atoms with E-state index in [1.54, 1.807) is 0 Å². The van der Waals surface area contributed by atoms with Crippen LogP contribution in [0.25, 0.3) is 11.4 Å². The van der Waals surface area contributed by atoms with E-state index in [1.807, 2.05) is 36.5 Å². The van der Waals surface area contributed by atoms with Crippen molar-refractivity contribution in [2.75, 3.05) is 0 Å². The summed E-state index contributed by atoms with van der Waals surface area (Å²) in [5.41, 5.74) is 2.15. The highest BCUT2D eigenvalue weighted by Crippen LogP contribution is 2.22. The number of imidazole rings is 1. The van der Waals surface area contributed by atoms with Crippen LogP contribution in [0.4, 0.5) is 0 Å². The Morgan fingerprint density at radius 3 is 2.81 bits per heavy atom. The van der Waals surface area contributed by atoms with Crippen LogP contribution in [0, 0.1) is 0 Å². The standard InChI is InChI=1S/C13H12N2O/c16-12-6-7-15-11(8-12)9-14-13(15)10-4-2-1-3-5-10/h1-5,9H,6-8H2. The summed E-state index contributed by atoms with van der Waals surface area (Å²) in [6.45, 7) is 0.762. The number of carbonyl (C=O) groups is 1. The van der Waals surface area contributed by atoms with Crippen LogP contribution in [-0.2, 0) is 17.8 Å². The second-order valence-corrected chi connectivity index (χ2v) is 4.06. The van der Waals surface area contributed by atoms with Crippen LogP contribution in [-0.4, -0.2) is 15.3 Å². The van der Waals surface area contributed by atoms with Crippen LogP contribution in [0.2, 0.25) is 0 Å². The Labute approximate surface area is 93.7 Å². The number of carbonyl (C=O) groups excluding carboxylic acids is 1. The second kappa shape index (κ2) is 3.59. The Bertz CT molecular complexity index is 528. The predicted molar refractivity (Wildman–Crippen MR) is 61.0 cm³/mol. The van der Waals surface area contributed by atoms with E-state index in [0.717, 1.165) is 23.6 Å². The fraction of sp³-hybridized carbons (Fsp3) is 0.231. The fourth-order valence-electron chi connectivity index (χ4n) is 2.15. The topological polar surface area (TPSA) is 34.9 Å². The quantitative estimate of drug-likeness (QED) is 0.725. The molecule has 0 fully saturated rings. The Kier molecular flexibility index (Phi) is 2.10. The van der Waals surface area contributed by atoms with Crippen LogP contribution < -0.4 is 0 Å². The van der Waals surface area contributed by atoms with Crippen molar-refractivity contribution in [1.29, 1.82) is 0 Å². The van der Waals surface area contributed by atoms with Gasteiger partial charge in [0, 0.05) is 36.8 Å².